The van der Waals surface area contributed by atoms with Crippen LogP contribution >= 0.6 is 0 Å². The van der Waals surface area contributed by atoms with Crippen LogP contribution in [0.25, 0.3) is 0 Å². The van der Waals surface area contributed by atoms with Gasteiger partial charge in [-0.05, 0) is 32.4 Å². The highest BCUT2D eigenvalue weighted by molar-refractivity contribution is 5.71. The monoisotopic (exact) mass is 268 g/mol. The summed E-state index contributed by atoms with van der Waals surface area (Å²) in [6.07, 6.45) is 1.61. The van der Waals surface area contributed by atoms with E-state index in [0.29, 0.717) is 0 Å². The van der Waals surface area contributed by atoms with E-state index < -0.39 is 11.3 Å². The lowest BCUT2D eigenvalue weighted by Crippen LogP contribution is -2.50. The van der Waals surface area contributed by atoms with Crippen molar-refractivity contribution >= 4 is 5.69 Å². The molecule has 0 aliphatic carbocycles. The van der Waals surface area contributed by atoms with Crippen LogP contribution in [0.1, 0.15) is 40.2 Å². The fourth-order valence-corrected chi connectivity index (χ4v) is 3.61. The second-order valence-corrected chi connectivity index (χ2v) is 6.73. The molecule has 1 saturated heterocycles. The number of para-hydroxylation sites is 1. The Morgan fingerprint density at radius 1 is 1.15 bits per heavy atom. The number of hydrogen-bond acceptors (Lipinski definition) is 3. The Kier molecular flexibility index (Phi) is 2.41. The Hall–Kier alpha value is -1.79. The highest BCUT2D eigenvalue weighted by Gasteiger charge is 2.63. The van der Waals surface area contributed by atoms with Gasteiger partial charge >= 0.3 is 0 Å². The number of hydrogen-bond donors (Lipinski definition) is 0. The number of nitriles is 1. The Balaban J connectivity index is 2.32. The lowest BCUT2D eigenvalue weighted by atomic mass is 9.78. The van der Waals surface area contributed by atoms with Crippen LogP contribution in [0.5, 0.6) is 0 Å². The van der Waals surface area contributed by atoms with E-state index in [1.807, 2.05) is 19.9 Å². The third-order valence-electron chi connectivity index (χ3n) is 4.92. The Bertz CT molecular complexity index is 651. The third-order valence-corrected chi connectivity index (χ3v) is 4.92. The number of benzene rings is 1. The van der Waals surface area contributed by atoms with Crippen LogP contribution in [0.3, 0.4) is 0 Å². The number of rotatable bonds is 0. The fraction of sp³-hybridized carbons (Fsp3) is 0.471. The van der Waals surface area contributed by atoms with Gasteiger partial charge in [-0.15, -0.1) is 0 Å². The van der Waals surface area contributed by atoms with E-state index in [1.165, 1.54) is 5.56 Å². The molecule has 1 fully saturated rings. The van der Waals surface area contributed by atoms with Gasteiger partial charge < -0.3 is 9.64 Å². The van der Waals surface area contributed by atoms with Gasteiger partial charge in [0.2, 0.25) is 0 Å². The van der Waals surface area contributed by atoms with Crippen molar-refractivity contribution in [1.29, 1.82) is 5.26 Å². The molecule has 104 valence electrons. The van der Waals surface area contributed by atoms with Crippen molar-refractivity contribution in [3.05, 3.63) is 41.6 Å². The van der Waals surface area contributed by atoms with Crippen LogP contribution in [0.2, 0.25) is 0 Å². The smallest absolute Gasteiger partial charge is 0.152 e. The van der Waals surface area contributed by atoms with Crippen LogP contribution in [-0.2, 0) is 10.2 Å². The second kappa shape index (κ2) is 3.65. The van der Waals surface area contributed by atoms with E-state index in [0.717, 1.165) is 11.4 Å². The number of nitrogens with zero attached hydrogens (tertiary/aromatic N) is 2. The first kappa shape index (κ1) is 13.2. The predicted octanol–water partition coefficient (Wildman–Crippen LogP) is 3.72. The second-order valence-electron chi connectivity index (χ2n) is 6.73. The lowest BCUT2D eigenvalue weighted by molar-refractivity contribution is -0.0993. The molecule has 0 saturated carbocycles. The average Bonchev–Trinajstić information content (AvgIpc) is 2.66. The molecular weight excluding hydrogens is 248 g/mol. The largest absolute Gasteiger partial charge is 0.343 e. The van der Waals surface area contributed by atoms with Crippen molar-refractivity contribution < 1.29 is 4.74 Å². The van der Waals surface area contributed by atoms with E-state index in [-0.39, 0.29) is 5.41 Å². The SMILES string of the molecule is CC1(C)OC2(C)N(/C1=C\C#N)c1ccccc1C2(C)C. The summed E-state index contributed by atoms with van der Waals surface area (Å²) in [5, 5.41) is 9.13. The van der Waals surface area contributed by atoms with E-state index >= 15 is 0 Å². The normalized spacial score (nSPS) is 31.0. The van der Waals surface area contributed by atoms with E-state index in [4.69, 9.17) is 10.00 Å². The molecule has 3 rings (SSSR count). The lowest BCUT2D eigenvalue weighted by Gasteiger charge is -2.39. The van der Waals surface area contributed by atoms with Crippen molar-refractivity contribution in [2.75, 3.05) is 4.90 Å². The van der Waals surface area contributed by atoms with Gasteiger partial charge in [-0.2, -0.15) is 5.26 Å². The van der Waals surface area contributed by atoms with Gasteiger partial charge in [0.25, 0.3) is 0 Å². The first-order chi connectivity index (χ1) is 9.25. The van der Waals surface area contributed by atoms with E-state index in [2.05, 4.69) is 49.9 Å². The number of ether oxygens (including phenoxy) is 1. The molecule has 2 heterocycles. The summed E-state index contributed by atoms with van der Waals surface area (Å²) in [6.45, 7) is 10.6. The molecule has 0 N–H and O–H groups in total. The molecule has 2 aliphatic rings. The molecule has 0 amide bonds. The molecule has 0 radical (unpaired) electrons. The molecular formula is C17H20N2O. The summed E-state index contributed by atoms with van der Waals surface area (Å²) in [5.74, 6) is 0. The quantitative estimate of drug-likeness (QED) is 0.673. The Labute approximate surface area is 120 Å². The zero-order chi connectivity index (χ0) is 14.8. The molecule has 0 spiro atoms. The Morgan fingerprint density at radius 3 is 2.45 bits per heavy atom. The molecule has 1 unspecified atom stereocenters. The highest BCUT2D eigenvalue weighted by Crippen LogP contribution is 2.60. The van der Waals surface area contributed by atoms with Gasteiger partial charge in [-0.3, -0.25) is 0 Å². The van der Waals surface area contributed by atoms with Crippen molar-refractivity contribution in [3.63, 3.8) is 0 Å². The fourth-order valence-electron chi connectivity index (χ4n) is 3.61. The predicted molar refractivity (Wildman–Crippen MR) is 79.2 cm³/mol. The molecule has 0 aromatic heterocycles. The topological polar surface area (TPSA) is 36.3 Å². The van der Waals surface area contributed by atoms with Gasteiger partial charge in [0, 0.05) is 17.2 Å². The van der Waals surface area contributed by atoms with Crippen molar-refractivity contribution in [1.82, 2.24) is 0 Å². The molecule has 1 aromatic rings. The van der Waals surface area contributed by atoms with Gasteiger partial charge in [0.05, 0.1) is 11.8 Å². The minimum atomic E-state index is -0.469. The molecule has 0 bridgehead atoms. The molecule has 3 nitrogen and oxygen atoms in total. The summed E-state index contributed by atoms with van der Waals surface area (Å²) in [6, 6.07) is 10.5. The van der Waals surface area contributed by atoms with Crippen molar-refractivity contribution in [2.45, 2.75) is 51.4 Å². The number of fused-ring (bicyclic) bond motifs is 3. The molecule has 1 atom stereocenters. The number of anilines is 1. The van der Waals surface area contributed by atoms with Gasteiger partial charge in [0.15, 0.2) is 5.72 Å². The first-order valence-electron chi connectivity index (χ1n) is 6.96. The van der Waals surface area contributed by atoms with Gasteiger partial charge in [0.1, 0.15) is 5.60 Å². The summed E-state index contributed by atoms with van der Waals surface area (Å²) < 4.78 is 6.43. The van der Waals surface area contributed by atoms with Crippen LogP contribution in [-0.4, -0.2) is 11.3 Å². The maximum atomic E-state index is 9.13. The maximum absolute atomic E-state index is 9.13. The van der Waals surface area contributed by atoms with Crippen molar-refractivity contribution in [2.24, 2.45) is 0 Å². The summed E-state index contributed by atoms with van der Waals surface area (Å²) >= 11 is 0. The zero-order valence-corrected chi connectivity index (χ0v) is 12.7. The molecule has 1 aromatic carbocycles. The number of allylic oxidation sites excluding steroid dienone is 1. The van der Waals surface area contributed by atoms with Crippen LogP contribution < -0.4 is 4.90 Å². The van der Waals surface area contributed by atoms with Gasteiger partial charge in [-0.25, -0.2) is 0 Å². The summed E-state index contributed by atoms with van der Waals surface area (Å²) in [4.78, 5) is 2.20. The molecule has 20 heavy (non-hydrogen) atoms. The minimum Gasteiger partial charge on any atom is -0.343 e. The van der Waals surface area contributed by atoms with E-state index in [1.54, 1.807) is 6.08 Å². The molecule has 2 aliphatic heterocycles. The van der Waals surface area contributed by atoms with Crippen molar-refractivity contribution in [3.8, 4) is 6.07 Å². The summed E-state index contributed by atoms with van der Waals surface area (Å²) in [7, 11) is 0. The van der Waals surface area contributed by atoms with Gasteiger partial charge in [-0.1, -0.05) is 32.0 Å². The van der Waals surface area contributed by atoms with Crippen LogP contribution in [0.15, 0.2) is 36.0 Å². The minimum absolute atomic E-state index is 0.147. The standard InChI is InChI=1S/C17H20N2O/c1-15(2)12-8-6-7-9-13(12)19-14(10-11-18)16(3,4)20-17(15,19)5/h6-10H,1-5H3/b14-10-. The van der Waals surface area contributed by atoms with Crippen LogP contribution in [0.4, 0.5) is 5.69 Å². The Morgan fingerprint density at radius 2 is 1.80 bits per heavy atom. The third kappa shape index (κ3) is 1.32. The maximum Gasteiger partial charge on any atom is 0.152 e. The highest BCUT2D eigenvalue weighted by atomic mass is 16.6. The summed E-state index contributed by atoms with van der Waals surface area (Å²) in [5.41, 5.74) is 2.26. The van der Waals surface area contributed by atoms with Crippen LogP contribution in [0, 0.1) is 11.3 Å². The zero-order valence-electron chi connectivity index (χ0n) is 12.7. The average molecular weight is 268 g/mol. The first-order valence-corrected chi connectivity index (χ1v) is 6.96. The molecule has 3 heteroatoms. The van der Waals surface area contributed by atoms with E-state index in [9.17, 15) is 0 Å².